The van der Waals surface area contributed by atoms with E-state index in [4.69, 9.17) is 9.72 Å². The molecule has 1 aliphatic carbocycles. The summed E-state index contributed by atoms with van der Waals surface area (Å²) < 4.78 is 5.47. The molecule has 166 valence electrons. The van der Waals surface area contributed by atoms with E-state index in [1.807, 2.05) is 30.3 Å². The van der Waals surface area contributed by atoms with Crippen LogP contribution in [0.4, 0.5) is 16.3 Å². The molecule has 1 aromatic carbocycles. The highest BCUT2D eigenvalue weighted by molar-refractivity contribution is 7.99. The molecule has 1 saturated heterocycles. The summed E-state index contributed by atoms with van der Waals surface area (Å²) in [4.78, 5) is 21.6. The number of thioether (sulfide) groups is 1. The largest absolute Gasteiger partial charge is 0.395 e. The number of carbonyl (C=O) groups excluding carboxylic acids is 1. The van der Waals surface area contributed by atoms with Gasteiger partial charge in [-0.15, -0.1) is 0 Å². The maximum atomic E-state index is 12.0. The highest BCUT2D eigenvalue weighted by Gasteiger charge is 2.36. The fraction of sp³-hybridized carbons (Fsp3) is 0.500. The van der Waals surface area contributed by atoms with Gasteiger partial charge in [0.2, 0.25) is 0 Å². The fourth-order valence-corrected chi connectivity index (χ4v) is 4.52. The molecule has 31 heavy (non-hydrogen) atoms. The SMILES string of the molecule is CSC1(c2cc(NCCO)nc(-c3ccc(NC(=O)NC4CC4)cc3)n2)CCOCC1. The van der Waals surface area contributed by atoms with Crippen LogP contribution >= 0.6 is 11.8 Å². The molecule has 4 rings (SSSR count). The molecule has 2 heterocycles. The Bertz CT molecular complexity index is 899. The number of amides is 2. The molecule has 0 spiro atoms. The van der Waals surface area contributed by atoms with Crippen LogP contribution in [0.1, 0.15) is 31.4 Å². The second-order valence-corrected chi connectivity index (χ2v) is 9.06. The molecule has 2 amide bonds. The molecule has 2 aromatic rings. The van der Waals surface area contributed by atoms with Crippen molar-refractivity contribution in [2.75, 3.05) is 43.3 Å². The van der Waals surface area contributed by atoms with Gasteiger partial charge >= 0.3 is 6.03 Å². The number of urea groups is 1. The first-order valence-corrected chi connectivity index (χ1v) is 11.9. The molecule has 0 atom stereocenters. The molecule has 2 aliphatic rings. The fourth-order valence-electron chi connectivity index (χ4n) is 3.63. The summed E-state index contributed by atoms with van der Waals surface area (Å²) in [5.74, 6) is 1.31. The molecule has 1 saturated carbocycles. The number of hydrogen-bond acceptors (Lipinski definition) is 7. The number of nitrogens with zero attached hydrogens (tertiary/aromatic N) is 2. The predicted octanol–water partition coefficient (Wildman–Crippen LogP) is 3.20. The van der Waals surface area contributed by atoms with Crippen molar-refractivity contribution in [1.29, 1.82) is 0 Å². The first-order chi connectivity index (χ1) is 15.1. The monoisotopic (exact) mass is 443 g/mol. The average molecular weight is 444 g/mol. The minimum absolute atomic E-state index is 0.0272. The van der Waals surface area contributed by atoms with Crippen LogP contribution in [0.15, 0.2) is 30.3 Å². The van der Waals surface area contributed by atoms with Crippen LogP contribution in [0.5, 0.6) is 0 Å². The zero-order valence-corrected chi connectivity index (χ0v) is 18.5. The summed E-state index contributed by atoms with van der Waals surface area (Å²) in [5.41, 5.74) is 2.56. The second-order valence-electron chi connectivity index (χ2n) is 7.87. The molecule has 1 aromatic heterocycles. The van der Waals surface area contributed by atoms with Gasteiger partial charge in [0.05, 0.1) is 17.0 Å². The minimum atomic E-state index is -0.176. The van der Waals surface area contributed by atoms with Gasteiger partial charge in [-0.1, -0.05) is 0 Å². The van der Waals surface area contributed by atoms with Crippen LogP contribution < -0.4 is 16.0 Å². The van der Waals surface area contributed by atoms with E-state index >= 15 is 0 Å². The number of hydrogen-bond donors (Lipinski definition) is 4. The van der Waals surface area contributed by atoms with Crippen molar-refractivity contribution >= 4 is 29.3 Å². The smallest absolute Gasteiger partial charge is 0.319 e. The Morgan fingerprint density at radius 2 is 1.97 bits per heavy atom. The van der Waals surface area contributed by atoms with Gasteiger partial charge in [-0.2, -0.15) is 11.8 Å². The highest BCUT2D eigenvalue weighted by atomic mass is 32.2. The van der Waals surface area contributed by atoms with Crippen LogP contribution in [0.2, 0.25) is 0 Å². The first kappa shape index (κ1) is 21.9. The minimum Gasteiger partial charge on any atom is -0.395 e. The number of benzene rings is 1. The van der Waals surface area contributed by atoms with Crippen LogP contribution in [0, 0.1) is 0 Å². The van der Waals surface area contributed by atoms with Gasteiger partial charge in [-0.25, -0.2) is 14.8 Å². The summed E-state index contributed by atoms with van der Waals surface area (Å²) in [5, 5.41) is 18.2. The van der Waals surface area contributed by atoms with E-state index in [-0.39, 0.29) is 17.4 Å². The Labute approximate surface area is 186 Å². The van der Waals surface area contributed by atoms with E-state index in [0.29, 0.717) is 37.4 Å². The van der Waals surface area contributed by atoms with Gasteiger partial charge in [0.1, 0.15) is 5.82 Å². The van der Waals surface area contributed by atoms with E-state index in [1.165, 1.54) is 0 Å². The zero-order valence-electron chi connectivity index (χ0n) is 17.7. The predicted molar refractivity (Wildman–Crippen MR) is 123 cm³/mol. The highest BCUT2D eigenvalue weighted by Crippen LogP contribution is 2.43. The van der Waals surface area contributed by atoms with Crippen molar-refractivity contribution in [3.63, 3.8) is 0 Å². The van der Waals surface area contributed by atoms with Crippen molar-refractivity contribution in [2.45, 2.75) is 36.5 Å². The second kappa shape index (κ2) is 9.84. The number of aromatic nitrogens is 2. The summed E-state index contributed by atoms with van der Waals surface area (Å²) in [7, 11) is 0. The van der Waals surface area contributed by atoms with Crippen molar-refractivity contribution in [1.82, 2.24) is 15.3 Å². The van der Waals surface area contributed by atoms with Crippen molar-refractivity contribution in [2.24, 2.45) is 0 Å². The zero-order chi connectivity index (χ0) is 21.7. The molecule has 8 nitrogen and oxygen atoms in total. The standard InChI is InChI=1S/C22H29N5O3S/c1-31-22(8-12-30-13-9-22)18-14-19(23-10-11-28)27-20(26-18)15-2-4-16(5-3-15)24-21(29)25-17-6-7-17/h2-5,14,17,28H,6-13H2,1H3,(H,23,26,27)(H2,24,25,29). The van der Waals surface area contributed by atoms with Gasteiger partial charge in [0.15, 0.2) is 5.82 Å². The van der Waals surface area contributed by atoms with Crippen molar-refractivity contribution in [3.8, 4) is 11.4 Å². The van der Waals surface area contributed by atoms with Crippen molar-refractivity contribution in [3.05, 3.63) is 36.0 Å². The number of carbonyl (C=O) groups is 1. The lowest BCUT2D eigenvalue weighted by atomic mass is 9.94. The molecule has 1 aliphatic heterocycles. The van der Waals surface area contributed by atoms with Gasteiger partial charge in [0.25, 0.3) is 0 Å². The van der Waals surface area contributed by atoms with E-state index in [2.05, 4.69) is 27.2 Å². The van der Waals surface area contributed by atoms with Crippen molar-refractivity contribution < 1.29 is 14.6 Å². The number of aliphatic hydroxyl groups excluding tert-OH is 1. The third-order valence-corrected chi connectivity index (χ3v) is 7.01. The Hall–Kier alpha value is -2.36. The van der Waals surface area contributed by atoms with Gasteiger partial charge in [-0.05, 0) is 56.2 Å². The van der Waals surface area contributed by atoms with Gasteiger partial charge in [-0.3, -0.25) is 0 Å². The normalized spacial score (nSPS) is 17.7. The molecular weight excluding hydrogens is 414 g/mol. The summed E-state index contributed by atoms with van der Waals surface area (Å²) in [6.45, 7) is 1.87. The average Bonchev–Trinajstić information content (AvgIpc) is 3.62. The molecule has 2 fully saturated rings. The molecule has 0 radical (unpaired) electrons. The molecule has 9 heteroatoms. The third-order valence-electron chi connectivity index (χ3n) is 5.62. The van der Waals surface area contributed by atoms with E-state index in [0.717, 1.165) is 42.6 Å². The molecular formula is C22H29N5O3S. The lowest BCUT2D eigenvalue weighted by Crippen LogP contribution is -2.31. The first-order valence-electron chi connectivity index (χ1n) is 10.7. The third kappa shape index (κ3) is 5.47. The Kier molecular flexibility index (Phi) is 6.94. The maximum absolute atomic E-state index is 12.0. The number of rotatable bonds is 8. The van der Waals surface area contributed by atoms with Gasteiger partial charge < -0.3 is 25.8 Å². The van der Waals surface area contributed by atoms with Crippen LogP contribution in [-0.4, -0.2) is 59.8 Å². The Morgan fingerprint density at radius 1 is 1.23 bits per heavy atom. The number of anilines is 2. The Morgan fingerprint density at radius 3 is 2.61 bits per heavy atom. The topological polar surface area (TPSA) is 108 Å². The van der Waals surface area contributed by atoms with E-state index < -0.39 is 0 Å². The number of aliphatic hydroxyl groups is 1. The lowest BCUT2D eigenvalue weighted by Gasteiger charge is -2.35. The summed E-state index contributed by atoms with van der Waals surface area (Å²) >= 11 is 1.80. The van der Waals surface area contributed by atoms with E-state index in [9.17, 15) is 9.90 Å². The Balaban J connectivity index is 1.59. The van der Waals surface area contributed by atoms with E-state index in [1.54, 1.807) is 11.8 Å². The molecule has 0 unspecified atom stereocenters. The van der Waals surface area contributed by atoms with Crippen LogP contribution in [0.25, 0.3) is 11.4 Å². The number of nitrogens with one attached hydrogen (secondary N) is 3. The van der Waals surface area contributed by atoms with Crippen LogP contribution in [-0.2, 0) is 9.48 Å². The molecule has 0 bridgehead atoms. The van der Waals surface area contributed by atoms with Gasteiger partial charge in [0, 0.05) is 43.1 Å². The maximum Gasteiger partial charge on any atom is 0.319 e. The lowest BCUT2D eigenvalue weighted by molar-refractivity contribution is 0.0760. The quantitative estimate of drug-likeness (QED) is 0.496. The molecule has 4 N–H and O–H groups in total. The summed E-state index contributed by atoms with van der Waals surface area (Å²) in [6, 6.07) is 9.67. The summed E-state index contributed by atoms with van der Waals surface area (Å²) in [6.07, 6.45) is 6.00. The number of ether oxygens (including phenoxy) is 1. The van der Waals surface area contributed by atoms with Crippen LogP contribution in [0.3, 0.4) is 0 Å².